The van der Waals surface area contributed by atoms with Gasteiger partial charge in [0, 0.05) is 16.5 Å². The van der Waals surface area contributed by atoms with Crippen LogP contribution in [0.5, 0.6) is 5.88 Å². The Balaban J connectivity index is 1.75. The van der Waals surface area contributed by atoms with Crippen LogP contribution in [0.1, 0.15) is 42.0 Å². The van der Waals surface area contributed by atoms with Crippen molar-refractivity contribution in [2.24, 2.45) is 5.73 Å². The standard InChI is InChI=1S/C24H23N3O/c1-3-17-13-19-8-7-18(14-22(19)27-23(17)28-2)20(15-25)11-16-5-4-6-21(12-16)24(26)9-10-24/h4-8,11-14H,3,9-10,26H2,1-2H3/b20-11+. The minimum atomic E-state index is -0.183. The lowest BCUT2D eigenvalue weighted by atomic mass is 9.98. The summed E-state index contributed by atoms with van der Waals surface area (Å²) in [4.78, 5) is 4.63. The molecule has 0 atom stereocenters. The summed E-state index contributed by atoms with van der Waals surface area (Å²) in [6.45, 7) is 2.08. The van der Waals surface area contributed by atoms with Crippen molar-refractivity contribution in [1.82, 2.24) is 4.98 Å². The van der Waals surface area contributed by atoms with Gasteiger partial charge in [0.2, 0.25) is 5.88 Å². The average molecular weight is 369 g/mol. The number of benzene rings is 2. The van der Waals surface area contributed by atoms with E-state index in [1.54, 1.807) is 7.11 Å². The molecule has 1 saturated carbocycles. The molecule has 1 aliphatic carbocycles. The molecule has 4 rings (SSSR count). The van der Waals surface area contributed by atoms with Crippen molar-refractivity contribution in [3.63, 3.8) is 0 Å². The van der Waals surface area contributed by atoms with E-state index in [1.165, 1.54) is 0 Å². The number of aryl methyl sites for hydroxylation is 1. The first-order valence-corrected chi connectivity index (χ1v) is 9.55. The van der Waals surface area contributed by atoms with Crippen LogP contribution in [-0.2, 0) is 12.0 Å². The van der Waals surface area contributed by atoms with E-state index in [-0.39, 0.29) is 5.54 Å². The van der Waals surface area contributed by atoms with Crippen LogP contribution < -0.4 is 10.5 Å². The van der Waals surface area contributed by atoms with E-state index >= 15 is 0 Å². The molecule has 0 aliphatic heterocycles. The average Bonchev–Trinajstić information content (AvgIpc) is 3.49. The molecule has 0 saturated heterocycles. The molecule has 0 spiro atoms. The van der Waals surface area contributed by atoms with E-state index in [0.29, 0.717) is 11.5 Å². The van der Waals surface area contributed by atoms with E-state index < -0.39 is 0 Å². The summed E-state index contributed by atoms with van der Waals surface area (Å²) >= 11 is 0. The molecular weight excluding hydrogens is 346 g/mol. The van der Waals surface area contributed by atoms with Crippen molar-refractivity contribution in [1.29, 1.82) is 5.26 Å². The summed E-state index contributed by atoms with van der Waals surface area (Å²) < 4.78 is 5.42. The van der Waals surface area contributed by atoms with Gasteiger partial charge in [-0.05, 0) is 60.2 Å². The van der Waals surface area contributed by atoms with Gasteiger partial charge in [0.25, 0.3) is 0 Å². The molecule has 0 unspecified atom stereocenters. The maximum atomic E-state index is 9.75. The first-order valence-electron chi connectivity index (χ1n) is 9.55. The minimum Gasteiger partial charge on any atom is -0.481 e. The van der Waals surface area contributed by atoms with Crippen LogP contribution >= 0.6 is 0 Å². The fraction of sp³-hybridized carbons (Fsp3) is 0.250. The first kappa shape index (κ1) is 18.2. The molecule has 0 amide bonds. The lowest BCUT2D eigenvalue weighted by molar-refractivity contribution is 0.395. The highest BCUT2D eigenvalue weighted by Crippen LogP contribution is 2.42. The second-order valence-corrected chi connectivity index (χ2v) is 7.37. The predicted octanol–water partition coefficient (Wildman–Crippen LogP) is 4.82. The van der Waals surface area contributed by atoms with Crippen molar-refractivity contribution in [3.05, 3.63) is 70.8 Å². The molecule has 1 aliphatic rings. The van der Waals surface area contributed by atoms with Crippen LogP contribution in [0, 0.1) is 11.3 Å². The maximum absolute atomic E-state index is 9.75. The SMILES string of the molecule is CCc1cc2ccc(/C(C#N)=C/c3cccc(C4(N)CC4)c3)cc2nc1OC. The number of ether oxygens (including phenoxy) is 1. The van der Waals surface area contributed by atoms with Gasteiger partial charge in [-0.15, -0.1) is 0 Å². The van der Waals surface area contributed by atoms with Crippen LogP contribution in [0.3, 0.4) is 0 Å². The first-order chi connectivity index (χ1) is 13.6. The topological polar surface area (TPSA) is 71.9 Å². The summed E-state index contributed by atoms with van der Waals surface area (Å²) in [5, 5.41) is 10.8. The highest BCUT2D eigenvalue weighted by atomic mass is 16.5. The predicted molar refractivity (Wildman–Crippen MR) is 113 cm³/mol. The van der Waals surface area contributed by atoms with Gasteiger partial charge < -0.3 is 10.5 Å². The Hall–Kier alpha value is -3.16. The number of nitrogens with zero attached hydrogens (tertiary/aromatic N) is 2. The zero-order chi connectivity index (χ0) is 19.7. The third kappa shape index (κ3) is 3.37. The van der Waals surface area contributed by atoms with Gasteiger partial charge in [0.05, 0.1) is 24.3 Å². The molecule has 140 valence electrons. The molecule has 0 bridgehead atoms. The Bertz CT molecular complexity index is 1120. The van der Waals surface area contributed by atoms with Gasteiger partial charge in [0.15, 0.2) is 0 Å². The van der Waals surface area contributed by atoms with Gasteiger partial charge in [0.1, 0.15) is 0 Å². The number of fused-ring (bicyclic) bond motifs is 1. The number of methoxy groups -OCH3 is 1. The summed E-state index contributed by atoms with van der Waals surface area (Å²) in [7, 11) is 1.63. The summed E-state index contributed by atoms with van der Waals surface area (Å²) in [5.74, 6) is 0.639. The zero-order valence-corrected chi connectivity index (χ0v) is 16.2. The fourth-order valence-electron chi connectivity index (χ4n) is 3.50. The smallest absolute Gasteiger partial charge is 0.216 e. The molecule has 4 nitrogen and oxygen atoms in total. The van der Waals surface area contributed by atoms with Gasteiger partial charge >= 0.3 is 0 Å². The number of nitrogens with two attached hydrogens (primary N) is 1. The van der Waals surface area contributed by atoms with Crippen LogP contribution in [0.4, 0.5) is 0 Å². The molecular formula is C24H23N3O. The Kier molecular flexibility index (Phi) is 4.62. The van der Waals surface area contributed by atoms with Crippen LogP contribution in [0.2, 0.25) is 0 Å². The van der Waals surface area contributed by atoms with Gasteiger partial charge in [-0.3, -0.25) is 0 Å². The zero-order valence-electron chi connectivity index (χ0n) is 16.2. The molecule has 4 heteroatoms. The normalized spacial score (nSPS) is 15.3. The molecule has 28 heavy (non-hydrogen) atoms. The Morgan fingerprint density at radius 1 is 1.25 bits per heavy atom. The number of aromatic nitrogens is 1. The highest BCUT2D eigenvalue weighted by molar-refractivity contribution is 5.93. The molecule has 1 aromatic heterocycles. The third-order valence-electron chi connectivity index (χ3n) is 5.42. The Morgan fingerprint density at radius 2 is 2.07 bits per heavy atom. The number of allylic oxidation sites excluding steroid dienone is 1. The summed E-state index contributed by atoms with van der Waals surface area (Å²) in [6.07, 6.45) is 4.80. The number of pyridine rings is 1. The maximum Gasteiger partial charge on any atom is 0.216 e. The molecule has 2 N–H and O–H groups in total. The van der Waals surface area contributed by atoms with E-state index in [0.717, 1.165) is 52.4 Å². The molecule has 0 radical (unpaired) electrons. The van der Waals surface area contributed by atoms with Gasteiger partial charge in [-0.25, -0.2) is 4.98 Å². The van der Waals surface area contributed by atoms with Crippen LogP contribution in [0.15, 0.2) is 48.5 Å². The van der Waals surface area contributed by atoms with Gasteiger partial charge in [-0.2, -0.15) is 5.26 Å². The second kappa shape index (κ2) is 7.10. The number of nitriles is 1. The third-order valence-corrected chi connectivity index (χ3v) is 5.42. The van der Waals surface area contributed by atoms with Crippen molar-refractivity contribution in [2.45, 2.75) is 31.7 Å². The monoisotopic (exact) mass is 369 g/mol. The van der Waals surface area contributed by atoms with Crippen molar-refractivity contribution < 1.29 is 4.74 Å². The molecule has 2 aromatic carbocycles. The van der Waals surface area contributed by atoms with E-state index in [9.17, 15) is 5.26 Å². The largest absolute Gasteiger partial charge is 0.481 e. The van der Waals surface area contributed by atoms with Crippen LogP contribution in [-0.4, -0.2) is 12.1 Å². The Labute approximate surface area is 165 Å². The summed E-state index contributed by atoms with van der Waals surface area (Å²) in [6, 6.07) is 18.5. The lowest BCUT2D eigenvalue weighted by Gasteiger charge is -2.10. The van der Waals surface area contributed by atoms with Crippen molar-refractivity contribution in [3.8, 4) is 11.9 Å². The lowest BCUT2D eigenvalue weighted by Crippen LogP contribution is -2.18. The van der Waals surface area contributed by atoms with E-state index in [4.69, 9.17) is 10.5 Å². The van der Waals surface area contributed by atoms with Gasteiger partial charge in [-0.1, -0.05) is 37.3 Å². The quantitative estimate of drug-likeness (QED) is 0.517. The second-order valence-electron chi connectivity index (χ2n) is 7.37. The fourth-order valence-corrected chi connectivity index (χ4v) is 3.50. The van der Waals surface area contributed by atoms with E-state index in [2.05, 4.69) is 36.2 Å². The number of hydrogen-bond acceptors (Lipinski definition) is 4. The molecule has 1 fully saturated rings. The summed E-state index contributed by atoms with van der Waals surface area (Å²) in [5.41, 5.74) is 11.6. The number of rotatable bonds is 5. The van der Waals surface area contributed by atoms with Crippen LogP contribution in [0.25, 0.3) is 22.6 Å². The Morgan fingerprint density at radius 3 is 2.75 bits per heavy atom. The molecule has 3 aromatic rings. The minimum absolute atomic E-state index is 0.183. The van der Waals surface area contributed by atoms with E-state index in [1.807, 2.05) is 36.4 Å². The highest BCUT2D eigenvalue weighted by Gasteiger charge is 2.39. The van der Waals surface area contributed by atoms with Crippen molar-refractivity contribution in [2.75, 3.05) is 7.11 Å². The molecule has 1 heterocycles. The van der Waals surface area contributed by atoms with Crippen molar-refractivity contribution >= 4 is 22.6 Å². The number of hydrogen-bond donors (Lipinski definition) is 1.